The number of hydrogen-bond donors (Lipinski definition) is 1. The fraction of sp³-hybridized carbons (Fsp3) is 0.273. The fourth-order valence-electron chi connectivity index (χ4n) is 2.87. The van der Waals surface area contributed by atoms with Crippen molar-refractivity contribution in [3.63, 3.8) is 0 Å². The number of ether oxygens (including phenoxy) is 1. The Morgan fingerprint density at radius 3 is 2.33 bits per heavy atom. The van der Waals surface area contributed by atoms with Crippen LogP contribution in [0.25, 0.3) is 0 Å². The second-order valence-electron chi connectivity index (χ2n) is 6.75. The molecule has 3 aromatic rings. The molecule has 0 aliphatic rings. The minimum Gasteiger partial charge on any atom is -0.497 e. The second-order valence-corrected chi connectivity index (χ2v) is 6.75. The molecule has 2 aromatic carbocycles. The highest BCUT2D eigenvalue weighted by Gasteiger charge is 2.15. The second kappa shape index (κ2) is 8.54. The number of nitrogens with one attached hydrogen (secondary N) is 1. The fourth-order valence-corrected chi connectivity index (χ4v) is 2.87. The first-order chi connectivity index (χ1) is 13.0. The van der Waals surface area contributed by atoms with Crippen LogP contribution in [0, 0.1) is 6.92 Å². The van der Waals surface area contributed by atoms with Gasteiger partial charge in [0, 0.05) is 30.0 Å². The molecule has 0 aliphatic heterocycles. The summed E-state index contributed by atoms with van der Waals surface area (Å²) in [7, 11) is 1.66. The highest BCUT2D eigenvalue weighted by molar-refractivity contribution is 5.57. The van der Waals surface area contributed by atoms with E-state index in [4.69, 9.17) is 9.72 Å². The molecule has 27 heavy (non-hydrogen) atoms. The molecule has 0 atom stereocenters. The molecule has 0 spiro atoms. The van der Waals surface area contributed by atoms with Gasteiger partial charge in [0.25, 0.3) is 0 Å². The van der Waals surface area contributed by atoms with Crippen LogP contribution in [0.4, 0.5) is 17.5 Å². The van der Waals surface area contributed by atoms with Crippen molar-refractivity contribution >= 4 is 17.5 Å². The van der Waals surface area contributed by atoms with Gasteiger partial charge in [-0.25, -0.2) is 4.98 Å². The van der Waals surface area contributed by atoms with Crippen LogP contribution in [-0.2, 0) is 6.54 Å². The summed E-state index contributed by atoms with van der Waals surface area (Å²) in [5.74, 6) is 2.33. The van der Waals surface area contributed by atoms with Crippen molar-refractivity contribution in [2.45, 2.75) is 33.4 Å². The minimum atomic E-state index is 0.313. The number of aryl methyl sites for hydroxylation is 1. The molecule has 5 nitrogen and oxygen atoms in total. The predicted molar refractivity (Wildman–Crippen MR) is 111 cm³/mol. The van der Waals surface area contributed by atoms with Crippen LogP contribution in [0.15, 0.2) is 60.7 Å². The maximum absolute atomic E-state index is 5.21. The number of anilines is 3. The molecule has 1 N–H and O–H groups in total. The van der Waals surface area contributed by atoms with E-state index in [-0.39, 0.29) is 0 Å². The van der Waals surface area contributed by atoms with Gasteiger partial charge in [-0.05, 0) is 50.6 Å². The third kappa shape index (κ3) is 4.97. The monoisotopic (exact) mass is 362 g/mol. The Morgan fingerprint density at radius 1 is 1.00 bits per heavy atom. The lowest BCUT2D eigenvalue weighted by molar-refractivity contribution is 0.415. The van der Waals surface area contributed by atoms with E-state index in [0.29, 0.717) is 12.0 Å². The van der Waals surface area contributed by atoms with Crippen molar-refractivity contribution in [2.24, 2.45) is 0 Å². The molecule has 0 saturated carbocycles. The Labute approximate surface area is 161 Å². The molecule has 5 heteroatoms. The van der Waals surface area contributed by atoms with Gasteiger partial charge in [-0.2, -0.15) is 4.98 Å². The Bertz CT molecular complexity index is 863. The van der Waals surface area contributed by atoms with E-state index in [1.165, 1.54) is 5.56 Å². The summed E-state index contributed by atoms with van der Waals surface area (Å²) in [5, 5.41) is 3.29. The van der Waals surface area contributed by atoms with Crippen LogP contribution in [0.2, 0.25) is 0 Å². The number of methoxy groups -OCH3 is 1. The molecule has 0 unspecified atom stereocenters. The first-order valence-corrected chi connectivity index (χ1v) is 9.12. The van der Waals surface area contributed by atoms with Gasteiger partial charge in [0.2, 0.25) is 5.95 Å². The summed E-state index contributed by atoms with van der Waals surface area (Å²) in [4.78, 5) is 11.6. The SMILES string of the molecule is COc1ccc(Nc2nc(C)cc(N(Cc3ccccc3)C(C)C)n2)cc1. The van der Waals surface area contributed by atoms with E-state index in [9.17, 15) is 0 Å². The third-order valence-corrected chi connectivity index (χ3v) is 4.30. The first kappa shape index (κ1) is 18.7. The van der Waals surface area contributed by atoms with Gasteiger partial charge in [-0.3, -0.25) is 0 Å². The maximum atomic E-state index is 5.21. The van der Waals surface area contributed by atoms with E-state index in [1.54, 1.807) is 7.11 Å². The zero-order chi connectivity index (χ0) is 19.2. The van der Waals surface area contributed by atoms with Crippen molar-refractivity contribution in [2.75, 3.05) is 17.3 Å². The molecule has 3 rings (SSSR count). The van der Waals surface area contributed by atoms with Gasteiger partial charge in [-0.1, -0.05) is 30.3 Å². The average molecular weight is 362 g/mol. The van der Waals surface area contributed by atoms with Crippen molar-refractivity contribution in [3.05, 3.63) is 71.9 Å². The van der Waals surface area contributed by atoms with Crippen molar-refractivity contribution < 1.29 is 4.74 Å². The zero-order valence-corrected chi connectivity index (χ0v) is 16.3. The van der Waals surface area contributed by atoms with Crippen LogP contribution < -0.4 is 15.0 Å². The lowest BCUT2D eigenvalue weighted by Crippen LogP contribution is -2.31. The zero-order valence-electron chi connectivity index (χ0n) is 16.3. The summed E-state index contributed by atoms with van der Waals surface area (Å²) in [6, 6.07) is 20.5. The molecule has 1 heterocycles. The topological polar surface area (TPSA) is 50.3 Å². The predicted octanol–water partition coefficient (Wildman–Crippen LogP) is 4.95. The Balaban J connectivity index is 1.85. The largest absolute Gasteiger partial charge is 0.497 e. The molecule has 0 saturated heterocycles. The van der Waals surface area contributed by atoms with Gasteiger partial charge in [-0.15, -0.1) is 0 Å². The lowest BCUT2D eigenvalue weighted by Gasteiger charge is -2.28. The molecule has 0 aliphatic carbocycles. The van der Waals surface area contributed by atoms with Gasteiger partial charge in [0.15, 0.2) is 0 Å². The normalized spacial score (nSPS) is 10.7. The summed E-state index contributed by atoms with van der Waals surface area (Å²) >= 11 is 0. The summed E-state index contributed by atoms with van der Waals surface area (Å²) < 4.78 is 5.21. The summed E-state index contributed by atoms with van der Waals surface area (Å²) in [5.41, 5.74) is 3.10. The number of rotatable bonds is 7. The smallest absolute Gasteiger partial charge is 0.229 e. The van der Waals surface area contributed by atoms with Crippen LogP contribution in [0.5, 0.6) is 5.75 Å². The molecule has 0 bridgehead atoms. The van der Waals surface area contributed by atoms with E-state index < -0.39 is 0 Å². The van der Waals surface area contributed by atoms with E-state index in [1.807, 2.05) is 43.3 Å². The molecule has 0 fully saturated rings. The first-order valence-electron chi connectivity index (χ1n) is 9.12. The maximum Gasteiger partial charge on any atom is 0.229 e. The Morgan fingerprint density at radius 2 is 1.70 bits per heavy atom. The lowest BCUT2D eigenvalue weighted by atomic mass is 10.2. The molecule has 0 radical (unpaired) electrons. The van der Waals surface area contributed by atoms with E-state index in [2.05, 4.69) is 53.3 Å². The van der Waals surface area contributed by atoms with Crippen molar-refractivity contribution in [1.29, 1.82) is 0 Å². The van der Waals surface area contributed by atoms with E-state index in [0.717, 1.165) is 29.5 Å². The van der Waals surface area contributed by atoms with Gasteiger partial charge in [0.05, 0.1) is 7.11 Å². The standard InChI is InChI=1S/C22H26N4O/c1-16(2)26(15-18-8-6-5-7-9-18)21-14-17(3)23-22(25-21)24-19-10-12-20(27-4)13-11-19/h5-14,16H,15H2,1-4H3,(H,23,24,25). The molecular formula is C22H26N4O. The molecule has 1 aromatic heterocycles. The number of aromatic nitrogens is 2. The van der Waals surface area contributed by atoms with Crippen LogP contribution >= 0.6 is 0 Å². The minimum absolute atomic E-state index is 0.313. The van der Waals surface area contributed by atoms with Gasteiger partial charge >= 0.3 is 0 Å². The van der Waals surface area contributed by atoms with Crippen LogP contribution in [-0.4, -0.2) is 23.1 Å². The highest BCUT2D eigenvalue weighted by atomic mass is 16.5. The molecule has 140 valence electrons. The quantitative estimate of drug-likeness (QED) is 0.644. The Kier molecular flexibility index (Phi) is 5.91. The van der Waals surface area contributed by atoms with Crippen molar-refractivity contribution in [3.8, 4) is 5.75 Å². The van der Waals surface area contributed by atoms with E-state index >= 15 is 0 Å². The summed E-state index contributed by atoms with van der Waals surface area (Å²) in [6.07, 6.45) is 0. The van der Waals surface area contributed by atoms with Gasteiger partial charge < -0.3 is 15.0 Å². The number of hydrogen-bond acceptors (Lipinski definition) is 5. The highest BCUT2D eigenvalue weighted by Crippen LogP contribution is 2.23. The van der Waals surface area contributed by atoms with Crippen LogP contribution in [0.3, 0.4) is 0 Å². The van der Waals surface area contributed by atoms with Gasteiger partial charge in [0.1, 0.15) is 11.6 Å². The Hall–Kier alpha value is -3.08. The third-order valence-electron chi connectivity index (χ3n) is 4.30. The number of benzene rings is 2. The van der Waals surface area contributed by atoms with Crippen molar-refractivity contribution in [1.82, 2.24) is 9.97 Å². The molecule has 0 amide bonds. The average Bonchev–Trinajstić information content (AvgIpc) is 2.67. The summed E-state index contributed by atoms with van der Waals surface area (Å²) in [6.45, 7) is 7.15. The van der Waals surface area contributed by atoms with Crippen LogP contribution in [0.1, 0.15) is 25.1 Å². The number of nitrogens with zero attached hydrogens (tertiary/aromatic N) is 3. The molecular weight excluding hydrogens is 336 g/mol.